The van der Waals surface area contributed by atoms with E-state index >= 15 is 0 Å². The van der Waals surface area contributed by atoms with Crippen molar-refractivity contribution in [1.29, 1.82) is 0 Å². The normalized spacial score (nSPS) is 11.6. The van der Waals surface area contributed by atoms with E-state index in [1.54, 1.807) is 23.7 Å². The first-order valence-corrected chi connectivity index (χ1v) is 12.5. The van der Waals surface area contributed by atoms with E-state index in [1.165, 1.54) is 27.3 Å². The first kappa shape index (κ1) is 28.1. The number of fused-ring (bicyclic) bond motifs is 1. The van der Waals surface area contributed by atoms with Gasteiger partial charge >= 0.3 is 12.1 Å². The highest BCUT2D eigenvalue weighted by Crippen LogP contribution is 2.26. The molecule has 0 amide bonds. The highest BCUT2D eigenvalue weighted by atomic mass is 35.5. The number of rotatable bonds is 11. The van der Waals surface area contributed by atoms with E-state index in [1.807, 2.05) is 19.1 Å². The third-order valence-corrected chi connectivity index (χ3v) is 5.98. The topological polar surface area (TPSA) is 89.5 Å². The molecule has 2 aromatic heterocycles. The van der Waals surface area contributed by atoms with E-state index in [2.05, 4.69) is 9.72 Å². The van der Waals surface area contributed by atoms with Crippen LogP contribution in [0.5, 0.6) is 17.5 Å². The van der Waals surface area contributed by atoms with Crippen LogP contribution in [0.1, 0.15) is 25.3 Å². The van der Waals surface area contributed by atoms with Crippen LogP contribution in [0.3, 0.4) is 0 Å². The van der Waals surface area contributed by atoms with Gasteiger partial charge in [-0.05, 0) is 36.2 Å². The molecule has 4 aromatic rings. The van der Waals surface area contributed by atoms with Gasteiger partial charge < -0.3 is 14.2 Å². The van der Waals surface area contributed by atoms with Crippen LogP contribution in [0.15, 0.2) is 58.1 Å². The average Bonchev–Trinajstić information content (AvgIpc) is 3.24. The Morgan fingerprint density at radius 2 is 1.67 bits per heavy atom. The molecule has 0 aliphatic heterocycles. The second-order valence-electron chi connectivity index (χ2n) is 8.65. The lowest BCUT2D eigenvalue weighted by molar-refractivity contribution is -0.274. The summed E-state index contributed by atoms with van der Waals surface area (Å²) in [6, 6.07) is 12.4. The third kappa shape index (κ3) is 6.75. The van der Waals surface area contributed by atoms with E-state index in [-0.39, 0.29) is 55.0 Å². The molecule has 13 heteroatoms. The molecule has 9 nitrogen and oxygen atoms in total. The summed E-state index contributed by atoms with van der Waals surface area (Å²) in [6.07, 6.45) is -3.85. The summed E-state index contributed by atoms with van der Waals surface area (Å²) in [6.45, 7) is 2.63. The minimum atomic E-state index is -4.80. The molecule has 39 heavy (non-hydrogen) atoms. The van der Waals surface area contributed by atoms with Crippen LogP contribution in [0, 0.1) is 0 Å². The summed E-state index contributed by atoms with van der Waals surface area (Å²) < 4.78 is 56.8. The molecule has 0 spiro atoms. The summed E-state index contributed by atoms with van der Waals surface area (Å²) >= 11 is 6.01. The molecule has 0 aliphatic rings. The summed E-state index contributed by atoms with van der Waals surface area (Å²) in [7, 11) is 1.55. The monoisotopic (exact) mass is 566 g/mol. The van der Waals surface area contributed by atoms with Crippen molar-refractivity contribution in [3.8, 4) is 17.5 Å². The molecule has 2 heterocycles. The van der Waals surface area contributed by atoms with Crippen molar-refractivity contribution in [2.75, 3.05) is 13.2 Å². The van der Waals surface area contributed by atoms with Gasteiger partial charge in [0.2, 0.25) is 0 Å². The number of nitrogens with zero attached hydrogens (tertiary/aromatic N) is 4. The zero-order chi connectivity index (χ0) is 28.2. The van der Waals surface area contributed by atoms with Gasteiger partial charge in [0.1, 0.15) is 11.5 Å². The highest BCUT2D eigenvalue weighted by Gasteiger charge is 2.31. The van der Waals surface area contributed by atoms with Crippen molar-refractivity contribution < 1.29 is 27.4 Å². The van der Waals surface area contributed by atoms with Crippen molar-refractivity contribution >= 4 is 22.8 Å². The largest absolute Gasteiger partial charge is 0.573 e. The Hall–Kier alpha value is -3.93. The van der Waals surface area contributed by atoms with Crippen LogP contribution >= 0.6 is 11.6 Å². The standard InChI is InChI=1S/C26H26ClF3N4O5/c1-3-12-33-23(35)21-22(32(2)25(33)36)31-24(34(21)16-17-8-10-18(27)11-9-17)38-14-5-13-37-19-6-4-7-20(15-19)39-26(28,29)30/h4,6-11,15H,3,5,12-14,16H2,1-2H3. The first-order valence-electron chi connectivity index (χ1n) is 12.1. The molecule has 208 valence electrons. The van der Waals surface area contributed by atoms with Crippen molar-refractivity contribution in [3.63, 3.8) is 0 Å². The fraction of sp³-hybridized carbons (Fsp3) is 0.346. The number of imidazole rings is 1. The predicted molar refractivity (Wildman–Crippen MR) is 139 cm³/mol. The molecule has 0 bridgehead atoms. The van der Waals surface area contributed by atoms with Gasteiger partial charge in [0, 0.05) is 31.1 Å². The predicted octanol–water partition coefficient (Wildman–Crippen LogP) is 4.75. The van der Waals surface area contributed by atoms with Gasteiger partial charge in [-0.1, -0.05) is 36.7 Å². The molecule has 0 saturated heterocycles. The molecule has 0 aliphatic carbocycles. The lowest BCUT2D eigenvalue weighted by Crippen LogP contribution is -2.39. The summed E-state index contributed by atoms with van der Waals surface area (Å²) in [5.41, 5.74) is 0.327. The smallest absolute Gasteiger partial charge is 0.493 e. The summed E-state index contributed by atoms with van der Waals surface area (Å²) in [5, 5.41) is 0.564. The zero-order valence-electron chi connectivity index (χ0n) is 21.2. The van der Waals surface area contributed by atoms with E-state index in [0.29, 0.717) is 17.9 Å². The van der Waals surface area contributed by atoms with Crippen molar-refractivity contribution in [2.45, 2.75) is 39.2 Å². The second kappa shape index (κ2) is 11.9. The van der Waals surface area contributed by atoms with Crippen molar-refractivity contribution in [3.05, 3.63) is 80.0 Å². The summed E-state index contributed by atoms with van der Waals surface area (Å²) in [5.74, 6) is -0.176. The average molecular weight is 567 g/mol. The van der Waals surface area contributed by atoms with Crippen LogP contribution in [0.4, 0.5) is 13.2 Å². The van der Waals surface area contributed by atoms with Gasteiger partial charge in [-0.25, -0.2) is 4.79 Å². The molecule has 0 unspecified atom stereocenters. The Bertz CT molecular complexity index is 1560. The van der Waals surface area contributed by atoms with Crippen LogP contribution in [-0.4, -0.2) is 38.3 Å². The number of alkyl halides is 3. The Labute approximate surface area is 225 Å². The van der Waals surface area contributed by atoms with Crippen molar-refractivity contribution in [1.82, 2.24) is 18.7 Å². The van der Waals surface area contributed by atoms with Gasteiger partial charge in [0.05, 0.1) is 19.8 Å². The quantitative estimate of drug-likeness (QED) is 0.243. The van der Waals surface area contributed by atoms with E-state index in [0.717, 1.165) is 11.6 Å². The Morgan fingerprint density at radius 3 is 2.36 bits per heavy atom. The van der Waals surface area contributed by atoms with E-state index in [9.17, 15) is 22.8 Å². The van der Waals surface area contributed by atoms with Crippen LogP contribution < -0.4 is 25.5 Å². The second-order valence-corrected chi connectivity index (χ2v) is 9.09. The van der Waals surface area contributed by atoms with E-state index in [4.69, 9.17) is 21.1 Å². The molecule has 4 rings (SSSR count). The minimum Gasteiger partial charge on any atom is -0.493 e. The maximum atomic E-state index is 13.3. The fourth-order valence-corrected chi connectivity index (χ4v) is 4.10. The first-order chi connectivity index (χ1) is 18.6. The molecular formula is C26H26ClF3N4O5. The lowest BCUT2D eigenvalue weighted by Gasteiger charge is -2.12. The fourth-order valence-electron chi connectivity index (χ4n) is 3.98. The molecule has 0 atom stereocenters. The number of aromatic nitrogens is 4. The molecule has 0 saturated carbocycles. The van der Waals surface area contributed by atoms with Gasteiger partial charge in [-0.15, -0.1) is 13.2 Å². The molecule has 0 fully saturated rings. The number of hydrogen-bond donors (Lipinski definition) is 0. The Kier molecular flexibility index (Phi) is 8.54. The number of hydrogen-bond acceptors (Lipinski definition) is 6. The third-order valence-electron chi connectivity index (χ3n) is 5.73. The van der Waals surface area contributed by atoms with Crippen LogP contribution in [0.2, 0.25) is 5.02 Å². The Balaban J connectivity index is 1.54. The SMILES string of the molecule is CCCn1c(=O)c2c(nc(OCCCOc3cccc(OC(F)(F)F)c3)n2Cc2ccc(Cl)cc2)n(C)c1=O. The molecular weight excluding hydrogens is 541 g/mol. The minimum absolute atomic E-state index is 0.125. The maximum Gasteiger partial charge on any atom is 0.573 e. The lowest BCUT2D eigenvalue weighted by atomic mass is 10.2. The van der Waals surface area contributed by atoms with Gasteiger partial charge in [0.25, 0.3) is 11.6 Å². The number of ether oxygens (including phenoxy) is 3. The molecule has 0 N–H and O–H groups in total. The maximum absolute atomic E-state index is 13.3. The highest BCUT2D eigenvalue weighted by molar-refractivity contribution is 6.30. The van der Waals surface area contributed by atoms with E-state index < -0.39 is 17.6 Å². The van der Waals surface area contributed by atoms with Crippen LogP contribution in [0.25, 0.3) is 11.2 Å². The van der Waals surface area contributed by atoms with Gasteiger partial charge in [0.15, 0.2) is 11.2 Å². The number of aryl methyl sites for hydroxylation is 1. The number of halogens is 4. The van der Waals surface area contributed by atoms with Gasteiger partial charge in [-0.3, -0.25) is 18.5 Å². The molecule has 0 radical (unpaired) electrons. The zero-order valence-corrected chi connectivity index (χ0v) is 22.0. The van der Waals surface area contributed by atoms with Crippen LogP contribution in [-0.2, 0) is 20.1 Å². The van der Waals surface area contributed by atoms with Gasteiger partial charge in [-0.2, -0.15) is 4.98 Å². The summed E-state index contributed by atoms with van der Waals surface area (Å²) in [4.78, 5) is 30.6. The van der Waals surface area contributed by atoms with Crippen molar-refractivity contribution in [2.24, 2.45) is 7.05 Å². The Morgan fingerprint density at radius 1 is 0.974 bits per heavy atom. The molecule has 2 aromatic carbocycles. The number of benzene rings is 2.